The van der Waals surface area contributed by atoms with Crippen LogP contribution in [0.4, 0.5) is 5.82 Å². The standard InChI is InChI=1S/C14H20N4S/c1-10(2)18-5-3-11(8-18)7-15-14-13-12(4-6-19-13)16-9-17-14/h4,6,9-11H,3,5,7-8H2,1-2H3,(H,15,16,17). The molecule has 0 amide bonds. The van der Waals surface area contributed by atoms with E-state index in [9.17, 15) is 0 Å². The molecule has 1 aliphatic heterocycles. The molecule has 1 aliphatic rings. The van der Waals surface area contributed by atoms with Crippen LogP contribution in [0.3, 0.4) is 0 Å². The normalized spacial score (nSPS) is 20.5. The van der Waals surface area contributed by atoms with Crippen molar-refractivity contribution in [2.75, 3.05) is 25.0 Å². The van der Waals surface area contributed by atoms with Crippen molar-refractivity contribution < 1.29 is 0 Å². The molecule has 1 fully saturated rings. The molecule has 2 aromatic heterocycles. The molecule has 5 heteroatoms. The summed E-state index contributed by atoms with van der Waals surface area (Å²) >= 11 is 1.70. The fourth-order valence-electron chi connectivity index (χ4n) is 2.65. The molecule has 0 saturated carbocycles. The van der Waals surface area contributed by atoms with E-state index in [-0.39, 0.29) is 0 Å². The molecular formula is C14H20N4S. The van der Waals surface area contributed by atoms with Gasteiger partial charge in [-0.1, -0.05) is 0 Å². The molecule has 0 radical (unpaired) electrons. The zero-order valence-electron chi connectivity index (χ0n) is 11.5. The lowest BCUT2D eigenvalue weighted by atomic mass is 10.1. The zero-order valence-corrected chi connectivity index (χ0v) is 12.3. The number of hydrogen-bond acceptors (Lipinski definition) is 5. The molecule has 0 bridgehead atoms. The molecule has 1 saturated heterocycles. The molecule has 2 aromatic rings. The first-order valence-electron chi connectivity index (χ1n) is 6.90. The summed E-state index contributed by atoms with van der Waals surface area (Å²) in [5.74, 6) is 1.72. The maximum absolute atomic E-state index is 4.37. The molecule has 3 heterocycles. The van der Waals surface area contributed by atoms with Gasteiger partial charge < -0.3 is 10.2 Å². The van der Waals surface area contributed by atoms with Crippen molar-refractivity contribution in [3.8, 4) is 0 Å². The van der Waals surface area contributed by atoms with Crippen LogP contribution in [0.1, 0.15) is 20.3 Å². The van der Waals surface area contributed by atoms with Gasteiger partial charge in [0, 0.05) is 19.1 Å². The lowest BCUT2D eigenvalue weighted by Crippen LogP contribution is -2.29. The molecule has 0 aromatic carbocycles. The zero-order chi connectivity index (χ0) is 13.2. The third kappa shape index (κ3) is 2.72. The highest BCUT2D eigenvalue weighted by atomic mass is 32.1. The van der Waals surface area contributed by atoms with Crippen LogP contribution in [-0.2, 0) is 0 Å². The molecule has 4 nitrogen and oxygen atoms in total. The van der Waals surface area contributed by atoms with E-state index in [1.807, 2.05) is 6.07 Å². The quantitative estimate of drug-likeness (QED) is 0.932. The first kappa shape index (κ1) is 12.8. The number of nitrogens with zero attached hydrogens (tertiary/aromatic N) is 3. The third-order valence-electron chi connectivity index (χ3n) is 3.85. The van der Waals surface area contributed by atoms with Crippen molar-refractivity contribution in [3.63, 3.8) is 0 Å². The van der Waals surface area contributed by atoms with Crippen LogP contribution in [0.5, 0.6) is 0 Å². The first-order valence-corrected chi connectivity index (χ1v) is 7.78. The van der Waals surface area contributed by atoms with Crippen LogP contribution < -0.4 is 5.32 Å². The van der Waals surface area contributed by atoms with E-state index in [4.69, 9.17) is 0 Å². The van der Waals surface area contributed by atoms with Crippen LogP contribution in [0, 0.1) is 5.92 Å². The van der Waals surface area contributed by atoms with Crippen molar-refractivity contribution in [2.45, 2.75) is 26.3 Å². The van der Waals surface area contributed by atoms with E-state index in [0.717, 1.165) is 23.8 Å². The molecule has 1 atom stereocenters. The third-order valence-corrected chi connectivity index (χ3v) is 4.76. The summed E-state index contributed by atoms with van der Waals surface area (Å²) in [5.41, 5.74) is 1.04. The fraction of sp³-hybridized carbons (Fsp3) is 0.571. The summed E-state index contributed by atoms with van der Waals surface area (Å²) in [6.07, 6.45) is 2.93. The van der Waals surface area contributed by atoms with Gasteiger partial charge in [-0.15, -0.1) is 11.3 Å². The smallest absolute Gasteiger partial charge is 0.147 e. The van der Waals surface area contributed by atoms with E-state index in [2.05, 4.69) is 39.4 Å². The van der Waals surface area contributed by atoms with Crippen LogP contribution >= 0.6 is 11.3 Å². The molecule has 1 N–H and O–H groups in total. The maximum Gasteiger partial charge on any atom is 0.147 e. The lowest BCUT2D eigenvalue weighted by Gasteiger charge is -2.20. The summed E-state index contributed by atoms with van der Waals surface area (Å²) in [6.45, 7) is 7.98. The number of likely N-dealkylation sites (tertiary alicyclic amines) is 1. The second-order valence-corrected chi connectivity index (χ2v) is 6.40. The van der Waals surface area contributed by atoms with Gasteiger partial charge in [-0.2, -0.15) is 0 Å². The summed E-state index contributed by atoms with van der Waals surface area (Å²) in [4.78, 5) is 11.2. The Kier molecular flexibility index (Phi) is 3.66. The Labute approximate surface area is 117 Å². The Morgan fingerprint density at radius 1 is 1.47 bits per heavy atom. The van der Waals surface area contributed by atoms with E-state index >= 15 is 0 Å². The Morgan fingerprint density at radius 2 is 2.37 bits per heavy atom. The summed E-state index contributed by atoms with van der Waals surface area (Å²) in [6, 6.07) is 2.70. The molecule has 19 heavy (non-hydrogen) atoms. The highest BCUT2D eigenvalue weighted by Gasteiger charge is 2.24. The minimum atomic E-state index is 0.660. The largest absolute Gasteiger partial charge is 0.368 e. The SMILES string of the molecule is CC(C)N1CCC(CNc2ncnc3ccsc23)C1. The number of anilines is 1. The fourth-order valence-corrected chi connectivity index (χ4v) is 3.46. The minimum absolute atomic E-state index is 0.660. The summed E-state index contributed by atoms with van der Waals surface area (Å²) in [7, 11) is 0. The Bertz CT molecular complexity index is 551. The monoisotopic (exact) mass is 276 g/mol. The number of aromatic nitrogens is 2. The number of rotatable bonds is 4. The molecule has 1 unspecified atom stereocenters. The first-order chi connectivity index (χ1) is 9.24. The van der Waals surface area contributed by atoms with Gasteiger partial charge in [0.15, 0.2) is 0 Å². The second kappa shape index (κ2) is 5.43. The van der Waals surface area contributed by atoms with Gasteiger partial charge in [0.05, 0.1) is 10.2 Å². The van der Waals surface area contributed by atoms with E-state index in [1.54, 1.807) is 17.7 Å². The van der Waals surface area contributed by atoms with Crippen LogP contribution in [0.2, 0.25) is 0 Å². The van der Waals surface area contributed by atoms with Gasteiger partial charge in [0.2, 0.25) is 0 Å². The van der Waals surface area contributed by atoms with Crippen molar-refractivity contribution in [1.29, 1.82) is 0 Å². The molecule has 0 spiro atoms. The molecular weight excluding hydrogens is 256 g/mol. The number of hydrogen-bond donors (Lipinski definition) is 1. The topological polar surface area (TPSA) is 41.0 Å². The van der Waals surface area contributed by atoms with Gasteiger partial charge in [-0.05, 0) is 44.2 Å². The highest BCUT2D eigenvalue weighted by molar-refractivity contribution is 7.17. The van der Waals surface area contributed by atoms with E-state index in [0.29, 0.717) is 6.04 Å². The highest BCUT2D eigenvalue weighted by Crippen LogP contribution is 2.26. The number of nitrogens with one attached hydrogen (secondary N) is 1. The average molecular weight is 276 g/mol. The Balaban J connectivity index is 1.62. The van der Waals surface area contributed by atoms with Crippen molar-refractivity contribution >= 4 is 27.4 Å². The summed E-state index contributed by atoms with van der Waals surface area (Å²) in [5, 5.41) is 5.58. The maximum atomic E-state index is 4.37. The van der Waals surface area contributed by atoms with E-state index in [1.165, 1.54) is 24.2 Å². The van der Waals surface area contributed by atoms with Gasteiger partial charge in [0.1, 0.15) is 12.1 Å². The predicted octanol–water partition coefficient (Wildman–Crippen LogP) is 2.83. The lowest BCUT2D eigenvalue weighted by molar-refractivity contribution is 0.266. The van der Waals surface area contributed by atoms with E-state index < -0.39 is 0 Å². The minimum Gasteiger partial charge on any atom is -0.368 e. The van der Waals surface area contributed by atoms with Crippen LogP contribution in [-0.4, -0.2) is 40.5 Å². The van der Waals surface area contributed by atoms with Gasteiger partial charge in [-0.25, -0.2) is 9.97 Å². The Hall–Kier alpha value is -1.20. The van der Waals surface area contributed by atoms with Crippen molar-refractivity contribution in [2.24, 2.45) is 5.92 Å². The average Bonchev–Trinajstić information content (AvgIpc) is 3.05. The molecule has 3 rings (SSSR count). The predicted molar refractivity (Wildman–Crippen MR) is 80.7 cm³/mol. The summed E-state index contributed by atoms with van der Waals surface area (Å²) < 4.78 is 1.17. The van der Waals surface area contributed by atoms with Gasteiger partial charge in [-0.3, -0.25) is 0 Å². The number of thiophene rings is 1. The van der Waals surface area contributed by atoms with Crippen LogP contribution in [0.15, 0.2) is 17.8 Å². The van der Waals surface area contributed by atoms with Gasteiger partial charge in [0.25, 0.3) is 0 Å². The van der Waals surface area contributed by atoms with Crippen LogP contribution in [0.25, 0.3) is 10.2 Å². The van der Waals surface area contributed by atoms with Crippen molar-refractivity contribution in [3.05, 3.63) is 17.8 Å². The Morgan fingerprint density at radius 3 is 3.16 bits per heavy atom. The second-order valence-electron chi connectivity index (χ2n) is 5.48. The molecule has 0 aliphatic carbocycles. The number of fused-ring (bicyclic) bond motifs is 1. The molecule has 102 valence electrons. The van der Waals surface area contributed by atoms with Crippen molar-refractivity contribution in [1.82, 2.24) is 14.9 Å². The van der Waals surface area contributed by atoms with Gasteiger partial charge >= 0.3 is 0 Å².